The zero-order valence-electron chi connectivity index (χ0n) is 14.7. The molecule has 1 aromatic carbocycles. The molecular weight excluding hydrogens is 372 g/mol. The van der Waals surface area contributed by atoms with E-state index in [2.05, 4.69) is 5.32 Å². The van der Waals surface area contributed by atoms with Crippen LogP contribution in [-0.4, -0.2) is 42.3 Å². The predicted molar refractivity (Wildman–Crippen MR) is 97.0 cm³/mol. The maximum Gasteiger partial charge on any atom is 0.371 e. The Hall–Kier alpha value is -2.65. The van der Waals surface area contributed by atoms with Gasteiger partial charge in [-0.15, -0.1) is 0 Å². The van der Waals surface area contributed by atoms with Crippen LogP contribution in [0.25, 0.3) is 0 Å². The van der Waals surface area contributed by atoms with Crippen molar-refractivity contribution >= 4 is 27.6 Å². The average Bonchev–Trinajstić information content (AvgIpc) is 3.32. The highest BCUT2D eigenvalue weighted by Crippen LogP contribution is 2.28. The van der Waals surface area contributed by atoms with Gasteiger partial charge >= 0.3 is 5.97 Å². The predicted octanol–water partition coefficient (Wildman–Crippen LogP) is 2.33. The molecule has 0 saturated carbocycles. The Morgan fingerprint density at radius 2 is 2.07 bits per heavy atom. The molecule has 2 N–H and O–H groups in total. The molecule has 9 heteroatoms. The molecule has 1 unspecified atom stereocenters. The van der Waals surface area contributed by atoms with E-state index in [0.29, 0.717) is 18.5 Å². The van der Waals surface area contributed by atoms with Crippen molar-refractivity contribution in [3.05, 3.63) is 47.7 Å². The summed E-state index contributed by atoms with van der Waals surface area (Å²) in [6.45, 7) is 2.17. The number of hydrogen-bond donors (Lipinski definition) is 2. The molecule has 2 aromatic rings. The van der Waals surface area contributed by atoms with Crippen LogP contribution in [0.2, 0.25) is 0 Å². The van der Waals surface area contributed by atoms with Gasteiger partial charge < -0.3 is 14.8 Å². The first kappa shape index (κ1) is 19.1. The first-order valence-corrected chi connectivity index (χ1v) is 10.0. The number of amides is 1. The van der Waals surface area contributed by atoms with Gasteiger partial charge in [0, 0.05) is 12.2 Å². The van der Waals surface area contributed by atoms with Crippen molar-refractivity contribution < 1.29 is 27.5 Å². The normalized spacial score (nSPS) is 17.7. The summed E-state index contributed by atoms with van der Waals surface area (Å²) in [7, 11) is -4.11. The molecule has 144 valence electrons. The summed E-state index contributed by atoms with van der Waals surface area (Å²) in [4.78, 5) is 23.6. The third-order valence-electron chi connectivity index (χ3n) is 4.46. The van der Waals surface area contributed by atoms with Crippen molar-refractivity contribution in [2.75, 3.05) is 11.9 Å². The number of carboxylic acid groups (broad SMARTS) is 1. The molecule has 3 rings (SSSR count). The highest BCUT2D eigenvalue weighted by atomic mass is 32.2. The molecule has 1 aromatic heterocycles. The number of rotatable bonds is 6. The number of aromatic carboxylic acids is 1. The molecule has 1 aliphatic rings. The topological polar surface area (TPSA) is 117 Å². The van der Waals surface area contributed by atoms with Crippen molar-refractivity contribution in [3.63, 3.8) is 0 Å². The van der Waals surface area contributed by atoms with Gasteiger partial charge in [-0.1, -0.05) is 19.1 Å². The fourth-order valence-electron chi connectivity index (χ4n) is 3.07. The quantitative estimate of drug-likeness (QED) is 0.779. The van der Waals surface area contributed by atoms with Crippen molar-refractivity contribution in [2.45, 2.75) is 37.3 Å². The van der Waals surface area contributed by atoms with Crippen LogP contribution in [0.4, 0.5) is 5.69 Å². The van der Waals surface area contributed by atoms with E-state index in [0.717, 1.165) is 28.4 Å². The number of carboxylic acids is 1. The van der Waals surface area contributed by atoms with Gasteiger partial charge in [0.05, 0.1) is 0 Å². The van der Waals surface area contributed by atoms with Gasteiger partial charge in [-0.3, -0.25) is 4.79 Å². The number of anilines is 1. The van der Waals surface area contributed by atoms with Gasteiger partial charge in [0.25, 0.3) is 10.0 Å². The van der Waals surface area contributed by atoms with Crippen molar-refractivity contribution in [1.82, 2.24) is 4.31 Å². The van der Waals surface area contributed by atoms with Crippen LogP contribution in [-0.2, 0) is 21.2 Å². The lowest BCUT2D eigenvalue weighted by Gasteiger charge is -2.22. The number of hydrogen-bond acceptors (Lipinski definition) is 5. The maximum atomic E-state index is 12.8. The fourth-order valence-corrected chi connectivity index (χ4v) is 4.65. The summed E-state index contributed by atoms with van der Waals surface area (Å²) >= 11 is 0. The summed E-state index contributed by atoms with van der Waals surface area (Å²) in [5, 5.41) is 11.2. The van der Waals surface area contributed by atoms with Crippen LogP contribution in [0.3, 0.4) is 0 Å². The largest absolute Gasteiger partial charge is 0.475 e. The zero-order valence-corrected chi connectivity index (χ0v) is 15.5. The van der Waals surface area contributed by atoms with Crippen LogP contribution in [0.5, 0.6) is 0 Å². The lowest BCUT2D eigenvalue weighted by atomic mass is 10.1. The third kappa shape index (κ3) is 3.88. The van der Waals surface area contributed by atoms with E-state index >= 15 is 0 Å². The van der Waals surface area contributed by atoms with E-state index in [1.807, 2.05) is 25.1 Å². The summed E-state index contributed by atoms with van der Waals surface area (Å²) in [6.07, 6.45) is 1.72. The Balaban J connectivity index is 1.81. The number of furan rings is 1. The molecule has 1 aliphatic heterocycles. The summed E-state index contributed by atoms with van der Waals surface area (Å²) in [6, 6.07) is 8.66. The van der Waals surface area contributed by atoms with Crippen LogP contribution in [0, 0.1) is 0 Å². The van der Waals surface area contributed by atoms with Crippen LogP contribution >= 0.6 is 0 Å². The first-order chi connectivity index (χ1) is 12.8. The molecular formula is C18H20N2O6S. The molecule has 1 amide bonds. The van der Waals surface area contributed by atoms with Crippen LogP contribution < -0.4 is 5.32 Å². The minimum atomic E-state index is -4.11. The van der Waals surface area contributed by atoms with E-state index in [-0.39, 0.29) is 6.54 Å². The zero-order chi connectivity index (χ0) is 19.6. The smallest absolute Gasteiger partial charge is 0.371 e. The molecule has 0 aliphatic carbocycles. The second-order valence-corrected chi connectivity index (χ2v) is 8.06. The van der Waals surface area contributed by atoms with E-state index in [1.54, 1.807) is 6.07 Å². The van der Waals surface area contributed by atoms with Gasteiger partial charge in [-0.2, -0.15) is 4.31 Å². The van der Waals surface area contributed by atoms with Crippen molar-refractivity contribution in [1.29, 1.82) is 0 Å². The summed E-state index contributed by atoms with van der Waals surface area (Å²) < 4.78 is 31.6. The molecule has 0 radical (unpaired) electrons. The number of benzene rings is 1. The summed E-state index contributed by atoms with van der Waals surface area (Å²) in [5.41, 5.74) is 1.66. The van der Waals surface area contributed by atoms with Gasteiger partial charge in [-0.25, -0.2) is 13.2 Å². The second-order valence-electron chi connectivity index (χ2n) is 6.24. The minimum Gasteiger partial charge on any atom is -0.475 e. The highest BCUT2D eigenvalue weighted by molar-refractivity contribution is 7.89. The van der Waals surface area contributed by atoms with Crippen LogP contribution in [0.15, 0.2) is 45.9 Å². The molecule has 8 nitrogen and oxygen atoms in total. The Morgan fingerprint density at radius 1 is 1.30 bits per heavy atom. The number of carbonyl (C=O) groups is 2. The monoisotopic (exact) mass is 392 g/mol. The standard InChI is InChI=1S/C18H20N2O6S/c1-2-12-5-3-6-13(11-12)19-17(21)14-7-4-10-20(14)27(24,25)16-9-8-15(26-16)18(22)23/h3,5-6,8-9,11,14H,2,4,7,10H2,1H3,(H,19,21)(H,22,23). The molecule has 2 heterocycles. The second kappa shape index (κ2) is 7.53. The molecule has 27 heavy (non-hydrogen) atoms. The first-order valence-electron chi connectivity index (χ1n) is 8.57. The van der Waals surface area contributed by atoms with Crippen molar-refractivity contribution in [3.8, 4) is 0 Å². The number of aryl methyl sites for hydroxylation is 1. The van der Waals surface area contributed by atoms with Gasteiger partial charge in [-0.05, 0) is 49.1 Å². The lowest BCUT2D eigenvalue weighted by molar-refractivity contribution is -0.119. The number of nitrogens with one attached hydrogen (secondary N) is 1. The minimum absolute atomic E-state index is 0.165. The average molecular weight is 392 g/mol. The fraction of sp³-hybridized carbons (Fsp3) is 0.333. The van der Waals surface area contributed by atoms with Crippen LogP contribution in [0.1, 0.15) is 35.9 Å². The molecule has 0 bridgehead atoms. The van der Waals surface area contributed by atoms with Gasteiger partial charge in [0.2, 0.25) is 16.8 Å². The SMILES string of the molecule is CCc1cccc(NC(=O)C2CCCN2S(=O)(=O)c2ccc(C(=O)O)o2)c1. The van der Waals surface area contributed by atoms with E-state index < -0.39 is 38.8 Å². The van der Waals surface area contributed by atoms with E-state index in [9.17, 15) is 18.0 Å². The number of carbonyl (C=O) groups excluding carboxylic acids is 1. The molecule has 1 atom stereocenters. The molecule has 1 fully saturated rings. The Labute approximate surface area is 156 Å². The van der Waals surface area contributed by atoms with Gasteiger partial charge in [0.15, 0.2) is 0 Å². The Morgan fingerprint density at radius 3 is 2.74 bits per heavy atom. The lowest BCUT2D eigenvalue weighted by Crippen LogP contribution is -2.43. The van der Waals surface area contributed by atoms with E-state index in [4.69, 9.17) is 9.52 Å². The summed E-state index contributed by atoms with van der Waals surface area (Å²) in [5.74, 6) is -2.25. The molecule has 0 spiro atoms. The number of sulfonamides is 1. The Kier molecular flexibility index (Phi) is 5.33. The highest BCUT2D eigenvalue weighted by Gasteiger charge is 2.41. The van der Waals surface area contributed by atoms with Crippen molar-refractivity contribution in [2.24, 2.45) is 0 Å². The molecule has 1 saturated heterocycles. The maximum absolute atomic E-state index is 12.8. The number of nitrogens with zero attached hydrogens (tertiary/aromatic N) is 1. The van der Waals surface area contributed by atoms with Gasteiger partial charge in [0.1, 0.15) is 6.04 Å². The van der Waals surface area contributed by atoms with E-state index in [1.165, 1.54) is 0 Å². The third-order valence-corrected chi connectivity index (χ3v) is 6.25. The Bertz CT molecular complexity index is 966.